The van der Waals surface area contributed by atoms with Crippen molar-refractivity contribution in [2.75, 3.05) is 44.8 Å². The molecule has 0 bridgehead atoms. The van der Waals surface area contributed by atoms with Crippen LogP contribution in [0.5, 0.6) is 11.5 Å². The summed E-state index contributed by atoms with van der Waals surface area (Å²) in [7, 11) is 0. The number of nitrogens with zero attached hydrogens (tertiary/aromatic N) is 1. The molecule has 2 atom stereocenters. The maximum absolute atomic E-state index is 12.8. The monoisotopic (exact) mass is 694 g/mol. The van der Waals surface area contributed by atoms with Crippen molar-refractivity contribution < 1.29 is 59.7 Å². The number of esters is 2. The number of carbonyl (C=O) groups is 3. The van der Waals surface area contributed by atoms with E-state index in [4.69, 9.17) is 9.47 Å². The summed E-state index contributed by atoms with van der Waals surface area (Å²) in [5.74, 6) is -2.22. The number of nitrogens with one attached hydrogen (secondary N) is 1. The van der Waals surface area contributed by atoms with Crippen LogP contribution < -0.4 is 14.8 Å². The van der Waals surface area contributed by atoms with Crippen LogP contribution in [0.1, 0.15) is 56.8 Å². The van der Waals surface area contributed by atoms with Gasteiger partial charge in [0.15, 0.2) is 13.2 Å². The molecule has 1 aliphatic rings. The highest BCUT2D eigenvalue weighted by Crippen LogP contribution is 2.28. The molecule has 1 N–H and O–H groups in total. The summed E-state index contributed by atoms with van der Waals surface area (Å²) >= 11 is 3.12. The van der Waals surface area contributed by atoms with Gasteiger partial charge in [0.25, 0.3) is 5.91 Å². The average Bonchev–Trinajstić information content (AvgIpc) is 2.93. The molecule has 0 aliphatic carbocycles. The van der Waals surface area contributed by atoms with Crippen LogP contribution in [-0.4, -0.2) is 92.0 Å². The van der Waals surface area contributed by atoms with Gasteiger partial charge in [-0.15, -0.1) is 0 Å². The van der Waals surface area contributed by atoms with E-state index in [-0.39, 0.29) is 30.9 Å². The van der Waals surface area contributed by atoms with Gasteiger partial charge in [0.2, 0.25) is 0 Å². The smallest absolute Gasteiger partial charge is 0.422 e. The third-order valence-electron chi connectivity index (χ3n) is 5.89. The highest BCUT2D eigenvalue weighted by atomic mass is 79.9. The van der Waals surface area contributed by atoms with Crippen LogP contribution in [0.25, 0.3) is 0 Å². The Hall–Kier alpha value is -2.75. The molecule has 1 saturated heterocycles. The predicted molar refractivity (Wildman–Crippen MR) is 147 cm³/mol. The molecule has 0 radical (unpaired) electrons. The van der Waals surface area contributed by atoms with E-state index in [0.717, 1.165) is 31.0 Å². The Balaban J connectivity index is 0.00000101. The number of hydrogen-bond donors (Lipinski definition) is 1. The molecule has 1 aliphatic heterocycles. The number of carbonyl (C=O) groups excluding carboxylic acids is 3. The van der Waals surface area contributed by atoms with Gasteiger partial charge in [-0.05, 0) is 58.4 Å². The number of halogens is 7. The predicted octanol–water partition coefficient (Wildman–Crippen LogP) is 5.44. The molecule has 0 aromatic heterocycles. The van der Waals surface area contributed by atoms with Gasteiger partial charge >= 0.3 is 24.3 Å². The number of benzene rings is 1. The van der Waals surface area contributed by atoms with Gasteiger partial charge < -0.3 is 24.3 Å². The summed E-state index contributed by atoms with van der Waals surface area (Å²) in [6.07, 6.45) is -6.54. The molecule has 0 spiro atoms. The summed E-state index contributed by atoms with van der Waals surface area (Å²) in [4.78, 5) is 37.3. The molecular weight excluding hydrogens is 658 g/mol. The van der Waals surface area contributed by atoms with Crippen LogP contribution in [0.2, 0.25) is 0 Å². The highest BCUT2D eigenvalue weighted by molar-refractivity contribution is 9.09. The standard InChI is InChI=1S/C22H28F6N2O5.C5H9BrO2/c1-3-33-20(32)14(2)30-9-5-4-6-15(30)11-29-19(31)17-10-16(34-12-21(23,24)25)7-8-18(17)35-13-22(26,27)28;1-2-8-5(7)3-4-6/h7-8,10,14-15H,3-6,9,11-13H2,1-2H3,(H,29,31);2-4H2,1H3. The molecule has 1 fully saturated rings. The summed E-state index contributed by atoms with van der Waals surface area (Å²) < 4.78 is 94.3. The van der Waals surface area contributed by atoms with Crippen LogP contribution in [0.3, 0.4) is 0 Å². The van der Waals surface area contributed by atoms with E-state index in [9.17, 15) is 40.7 Å². The normalized spacial score (nSPS) is 16.3. The molecule has 1 aromatic rings. The maximum atomic E-state index is 12.8. The van der Waals surface area contributed by atoms with Crippen LogP contribution >= 0.6 is 15.9 Å². The van der Waals surface area contributed by atoms with E-state index in [1.807, 2.05) is 4.90 Å². The van der Waals surface area contributed by atoms with E-state index in [2.05, 4.69) is 30.7 Å². The Morgan fingerprint density at radius 2 is 1.63 bits per heavy atom. The van der Waals surface area contributed by atoms with Gasteiger partial charge in [0.05, 0.1) is 25.2 Å². The fourth-order valence-corrected chi connectivity index (χ4v) is 4.32. The van der Waals surface area contributed by atoms with Crippen molar-refractivity contribution in [1.82, 2.24) is 10.2 Å². The zero-order valence-electron chi connectivity index (χ0n) is 24.1. The minimum Gasteiger partial charge on any atom is -0.484 e. The molecule has 43 heavy (non-hydrogen) atoms. The number of amides is 1. The van der Waals surface area contributed by atoms with Crippen LogP contribution in [0, 0.1) is 0 Å². The first-order valence-corrected chi connectivity index (χ1v) is 14.7. The van der Waals surface area contributed by atoms with Gasteiger partial charge in [0.1, 0.15) is 17.5 Å². The molecule has 1 aromatic carbocycles. The Bertz CT molecular complexity index is 1020. The van der Waals surface area contributed by atoms with Gasteiger partial charge in [-0.2, -0.15) is 26.3 Å². The number of rotatable bonds is 13. The first-order chi connectivity index (χ1) is 20.1. The van der Waals surface area contributed by atoms with Crippen LogP contribution in [-0.2, 0) is 19.1 Å². The van der Waals surface area contributed by atoms with Crippen molar-refractivity contribution in [3.8, 4) is 11.5 Å². The zero-order valence-corrected chi connectivity index (χ0v) is 25.7. The number of likely N-dealkylation sites (tertiary alicyclic amines) is 1. The lowest BCUT2D eigenvalue weighted by Gasteiger charge is -2.38. The Labute approximate surface area is 254 Å². The molecule has 0 saturated carbocycles. The van der Waals surface area contributed by atoms with Crippen LogP contribution in [0.4, 0.5) is 26.3 Å². The molecule has 1 heterocycles. The molecule has 16 heteroatoms. The Morgan fingerprint density at radius 3 is 2.21 bits per heavy atom. The number of hydrogen-bond acceptors (Lipinski definition) is 8. The summed E-state index contributed by atoms with van der Waals surface area (Å²) in [5.41, 5.74) is -0.408. The molecule has 9 nitrogen and oxygen atoms in total. The quantitative estimate of drug-likeness (QED) is 0.166. The van der Waals surface area contributed by atoms with Gasteiger partial charge in [-0.25, -0.2) is 0 Å². The van der Waals surface area contributed by atoms with E-state index in [1.165, 1.54) is 0 Å². The third kappa shape index (κ3) is 15.5. The van der Waals surface area contributed by atoms with E-state index in [0.29, 0.717) is 31.3 Å². The topological polar surface area (TPSA) is 103 Å². The zero-order chi connectivity index (χ0) is 32.6. The summed E-state index contributed by atoms with van der Waals surface area (Å²) in [6.45, 7) is 3.16. The highest BCUT2D eigenvalue weighted by Gasteiger charge is 2.33. The largest absolute Gasteiger partial charge is 0.484 e. The summed E-state index contributed by atoms with van der Waals surface area (Å²) in [5, 5.41) is 3.28. The lowest BCUT2D eigenvalue weighted by atomic mass is 9.99. The fraction of sp³-hybridized carbons (Fsp3) is 0.667. The minimum absolute atomic E-state index is 0.0505. The van der Waals surface area contributed by atoms with Crippen molar-refractivity contribution >= 4 is 33.8 Å². The summed E-state index contributed by atoms with van der Waals surface area (Å²) in [6, 6.07) is 2.01. The van der Waals surface area contributed by atoms with E-state index < -0.39 is 54.8 Å². The van der Waals surface area contributed by atoms with Crippen LogP contribution in [0.15, 0.2) is 18.2 Å². The van der Waals surface area contributed by atoms with Crippen molar-refractivity contribution in [2.45, 2.75) is 70.9 Å². The molecule has 2 unspecified atom stereocenters. The second-order valence-corrected chi connectivity index (χ2v) is 10.0. The molecule has 246 valence electrons. The van der Waals surface area contributed by atoms with Crippen molar-refractivity contribution in [1.29, 1.82) is 0 Å². The first kappa shape index (κ1) is 38.3. The Morgan fingerprint density at radius 1 is 1.00 bits per heavy atom. The second kappa shape index (κ2) is 18.8. The SMILES string of the molecule is CCOC(=O)C(C)N1CCCCC1CNC(=O)c1cc(OCC(F)(F)F)ccc1OCC(F)(F)F.CCOC(=O)CCBr. The average molecular weight is 695 g/mol. The van der Waals surface area contributed by atoms with Crippen molar-refractivity contribution in [2.24, 2.45) is 0 Å². The second-order valence-electron chi connectivity index (χ2n) is 9.24. The van der Waals surface area contributed by atoms with E-state index in [1.54, 1.807) is 20.8 Å². The van der Waals surface area contributed by atoms with Gasteiger partial charge in [-0.3, -0.25) is 19.3 Å². The molecule has 2 rings (SSSR count). The fourth-order valence-electron chi connectivity index (χ4n) is 3.99. The molecular formula is C27H37BrF6N2O7. The number of alkyl halides is 7. The minimum atomic E-state index is -4.69. The molecule has 1 amide bonds. The van der Waals surface area contributed by atoms with Crippen molar-refractivity contribution in [3.05, 3.63) is 23.8 Å². The lowest BCUT2D eigenvalue weighted by Crippen LogP contribution is -2.53. The number of ether oxygens (including phenoxy) is 4. The van der Waals surface area contributed by atoms with E-state index >= 15 is 0 Å². The third-order valence-corrected chi connectivity index (χ3v) is 6.29. The van der Waals surface area contributed by atoms with Gasteiger partial charge in [0, 0.05) is 17.9 Å². The van der Waals surface area contributed by atoms with Gasteiger partial charge in [-0.1, -0.05) is 22.4 Å². The number of piperidine rings is 1. The maximum Gasteiger partial charge on any atom is 0.422 e. The first-order valence-electron chi connectivity index (χ1n) is 13.6. The Kier molecular flexibility index (Phi) is 16.7. The van der Waals surface area contributed by atoms with Crippen molar-refractivity contribution in [3.63, 3.8) is 0 Å². The lowest BCUT2D eigenvalue weighted by molar-refractivity contribution is -0.154.